The summed E-state index contributed by atoms with van der Waals surface area (Å²) in [4.78, 5) is 37.0. The normalized spacial score (nSPS) is 15.0. The van der Waals surface area contributed by atoms with Gasteiger partial charge in [-0.15, -0.1) is 0 Å². The number of para-hydroxylation sites is 1. The number of benzene rings is 1. The fraction of sp³-hybridized carbons (Fsp3) is 0.312. The number of nitrogens with zero attached hydrogens (tertiary/aromatic N) is 2. The first-order valence-corrected chi connectivity index (χ1v) is 7.19. The van der Waals surface area contributed by atoms with E-state index in [1.807, 2.05) is 24.3 Å². The predicted octanol–water partition coefficient (Wildman–Crippen LogP) is 0.802. The summed E-state index contributed by atoms with van der Waals surface area (Å²) in [5.74, 6) is -0.285. The van der Waals surface area contributed by atoms with Gasteiger partial charge in [-0.05, 0) is 13.0 Å². The Bertz CT molecular complexity index is 763. The van der Waals surface area contributed by atoms with Gasteiger partial charge in [0.15, 0.2) is 5.78 Å². The zero-order chi connectivity index (χ0) is 15.7. The molecule has 22 heavy (non-hydrogen) atoms. The molecule has 1 aliphatic heterocycles. The highest BCUT2D eigenvalue weighted by Crippen LogP contribution is 2.22. The molecule has 0 aliphatic carbocycles. The molecule has 0 bridgehead atoms. The summed E-state index contributed by atoms with van der Waals surface area (Å²) >= 11 is 0. The molecule has 0 atom stereocenters. The maximum absolute atomic E-state index is 12.4. The van der Waals surface area contributed by atoms with Crippen LogP contribution in [0.2, 0.25) is 0 Å². The molecule has 2 aromatic rings. The van der Waals surface area contributed by atoms with Crippen LogP contribution >= 0.6 is 0 Å². The lowest BCUT2D eigenvalue weighted by atomic mass is 10.1. The Balaban J connectivity index is 1.89. The highest BCUT2D eigenvalue weighted by Gasteiger charge is 2.22. The average molecular weight is 299 g/mol. The molecule has 3 rings (SSSR count). The molecule has 1 aromatic heterocycles. The van der Waals surface area contributed by atoms with Crippen LogP contribution < -0.4 is 5.32 Å². The molecule has 2 heterocycles. The number of Topliss-reactive ketones (excluding diaryl/α,β-unsaturated/α-hetero) is 1. The topological polar surface area (TPSA) is 71.4 Å². The van der Waals surface area contributed by atoms with E-state index in [9.17, 15) is 14.4 Å². The summed E-state index contributed by atoms with van der Waals surface area (Å²) in [7, 11) is 0. The third-order valence-electron chi connectivity index (χ3n) is 3.86. The quantitative estimate of drug-likeness (QED) is 0.852. The van der Waals surface area contributed by atoms with Crippen LogP contribution in [-0.2, 0) is 16.1 Å². The number of rotatable bonds is 3. The van der Waals surface area contributed by atoms with Gasteiger partial charge in [-0.1, -0.05) is 18.2 Å². The highest BCUT2D eigenvalue weighted by molar-refractivity contribution is 6.07. The van der Waals surface area contributed by atoms with Gasteiger partial charge in [0, 0.05) is 35.8 Å². The molecular weight excluding hydrogens is 282 g/mol. The van der Waals surface area contributed by atoms with Crippen molar-refractivity contribution < 1.29 is 14.4 Å². The van der Waals surface area contributed by atoms with Crippen molar-refractivity contribution >= 4 is 28.5 Å². The number of carbonyl (C=O) groups excluding carboxylic acids is 3. The van der Waals surface area contributed by atoms with Gasteiger partial charge >= 0.3 is 0 Å². The molecule has 1 saturated heterocycles. The van der Waals surface area contributed by atoms with E-state index in [1.165, 1.54) is 6.92 Å². The lowest BCUT2D eigenvalue weighted by Crippen LogP contribution is -2.50. The van der Waals surface area contributed by atoms with Crippen molar-refractivity contribution in [2.75, 3.05) is 19.6 Å². The zero-order valence-corrected chi connectivity index (χ0v) is 12.3. The monoisotopic (exact) mass is 299 g/mol. The molecule has 0 spiro atoms. The van der Waals surface area contributed by atoms with E-state index in [4.69, 9.17) is 0 Å². The second-order valence-electron chi connectivity index (χ2n) is 5.41. The second kappa shape index (κ2) is 5.63. The van der Waals surface area contributed by atoms with Gasteiger partial charge in [-0.25, -0.2) is 0 Å². The molecule has 0 radical (unpaired) electrons. The summed E-state index contributed by atoms with van der Waals surface area (Å²) in [6.45, 7) is 2.74. The maximum Gasteiger partial charge on any atom is 0.243 e. The molecule has 6 heteroatoms. The number of fused-ring (bicyclic) bond motifs is 1. The number of ketones is 1. The molecule has 1 aliphatic rings. The number of hydrogen-bond acceptors (Lipinski definition) is 3. The Kier molecular flexibility index (Phi) is 3.66. The summed E-state index contributed by atoms with van der Waals surface area (Å²) < 4.78 is 1.78. The first kappa shape index (κ1) is 14.3. The van der Waals surface area contributed by atoms with Crippen molar-refractivity contribution in [1.82, 2.24) is 14.8 Å². The van der Waals surface area contributed by atoms with E-state index in [0.29, 0.717) is 18.7 Å². The standard InChI is InChI=1S/C16H17N3O3/c1-11(20)13-8-19(14-5-3-2-4-12(13)14)10-16(22)18-7-6-17-15(21)9-18/h2-5,8H,6-7,9-10H2,1H3,(H,17,21). The number of aromatic nitrogens is 1. The third-order valence-corrected chi connectivity index (χ3v) is 3.86. The Labute approximate surface area is 127 Å². The molecule has 1 aromatic carbocycles. The van der Waals surface area contributed by atoms with Crippen LogP contribution in [0.15, 0.2) is 30.5 Å². The Morgan fingerprint density at radius 2 is 2.05 bits per heavy atom. The van der Waals surface area contributed by atoms with Crippen LogP contribution in [0.25, 0.3) is 10.9 Å². The van der Waals surface area contributed by atoms with E-state index in [-0.39, 0.29) is 30.7 Å². The highest BCUT2D eigenvalue weighted by atomic mass is 16.2. The smallest absolute Gasteiger partial charge is 0.243 e. The number of hydrogen-bond donors (Lipinski definition) is 1. The maximum atomic E-state index is 12.4. The van der Waals surface area contributed by atoms with Crippen LogP contribution in [-0.4, -0.2) is 46.7 Å². The minimum atomic E-state index is -0.138. The SMILES string of the molecule is CC(=O)c1cn(CC(=O)N2CCNC(=O)C2)c2ccccc12. The molecular formula is C16H17N3O3. The number of carbonyl (C=O) groups is 3. The van der Waals surface area contributed by atoms with Crippen LogP contribution in [0.1, 0.15) is 17.3 Å². The summed E-state index contributed by atoms with van der Waals surface area (Å²) in [5, 5.41) is 3.54. The van der Waals surface area contributed by atoms with E-state index in [0.717, 1.165) is 10.9 Å². The van der Waals surface area contributed by atoms with Crippen LogP contribution in [0, 0.1) is 0 Å². The minimum Gasteiger partial charge on any atom is -0.353 e. The Morgan fingerprint density at radius 3 is 2.77 bits per heavy atom. The molecule has 6 nitrogen and oxygen atoms in total. The van der Waals surface area contributed by atoms with Gasteiger partial charge in [0.25, 0.3) is 0 Å². The number of piperazine rings is 1. The van der Waals surface area contributed by atoms with Crippen LogP contribution in [0.4, 0.5) is 0 Å². The first-order valence-electron chi connectivity index (χ1n) is 7.19. The Morgan fingerprint density at radius 1 is 1.27 bits per heavy atom. The molecule has 0 saturated carbocycles. The van der Waals surface area contributed by atoms with Gasteiger partial charge < -0.3 is 14.8 Å². The van der Waals surface area contributed by atoms with Gasteiger partial charge in [0.2, 0.25) is 11.8 Å². The fourth-order valence-corrected chi connectivity index (χ4v) is 2.76. The average Bonchev–Trinajstić information content (AvgIpc) is 2.86. The van der Waals surface area contributed by atoms with Gasteiger partial charge in [-0.3, -0.25) is 14.4 Å². The molecule has 114 valence electrons. The van der Waals surface area contributed by atoms with Crippen molar-refractivity contribution in [2.24, 2.45) is 0 Å². The zero-order valence-electron chi connectivity index (χ0n) is 12.3. The minimum absolute atomic E-state index is 0.0280. The van der Waals surface area contributed by atoms with Gasteiger partial charge in [-0.2, -0.15) is 0 Å². The van der Waals surface area contributed by atoms with E-state index in [1.54, 1.807) is 15.7 Å². The van der Waals surface area contributed by atoms with Gasteiger partial charge in [0.05, 0.1) is 6.54 Å². The predicted molar refractivity (Wildman–Crippen MR) is 81.5 cm³/mol. The number of amides is 2. The van der Waals surface area contributed by atoms with E-state index >= 15 is 0 Å². The summed E-state index contributed by atoms with van der Waals surface area (Å²) in [6.07, 6.45) is 1.72. The summed E-state index contributed by atoms with van der Waals surface area (Å²) in [6, 6.07) is 7.51. The van der Waals surface area contributed by atoms with Crippen molar-refractivity contribution in [2.45, 2.75) is 13.5 Å². The first-order chi connectivity index (χ1) is 10.6. The van der Waals surface area contributed by atoms with Crippen molar-refractivity contribution in [3.05, 3.63) is 36.0 Å². The van der Waals surface area contributed by atoms with E-state index in [2.05, 4.69) is 5.32 Å². The fourth-order valence-electron chi connectivity index (χ4n) is 2.76. The van der Waals surface area contributed by atoms with E-state index < -0.39 is 0 Å². The molecule has 0 unspecified atom stereocenters. The largest absolute Gasteiger partial charge is 0.353 e. The number of nitrogens with one attached hydrogen (secondary N) is 1. The lowest BCUT2D eigenvalue weighted by Gasteiger charge is -2.26. The Hall–Kier alpha value is -2.63. The van der Waals surface area contributed by atoms with Crippen molar-refractivity contribution in [1.29, 1.82) is 0 Å². The van der Waals surface area contributed by atoms with Crippen molar-refractivity contribution in [3.63, 3.8) is 0 Å². The van der Waals surface area contributed by atoms with Crippen LogP contribution in [0.3, 0.4) is 0 Å². The molecule has 1 N–H and O–H groups in total. The van der Waals surface area contributed by atoms with Crippen LogP contribution in [0.5, 0.6) is 0 Å². The molecule has 2 amide bonds. The second-order valence-corrected chi connectivity index (χ2v) is 5.41. The van der Waals surface area contributed by atoms with Gasteiger partial charge in [0.1, 0.15) is 6.54 Å². The summed E-state index contributed by atoms with van der Waals surface area (Å²) in [5.41, 5.74) is 1.46. The third kappa shape index (κ3) is 2.59. The van der Waals surface area contributed by atoms with Crippen molar-refractivity contribution in [3.8, 4) is 0 Å². The lowest BCUT2D eigenvalue weighted by molar-refractivity contribution is -0.138. The molecule has 1 fully saturated rings.